The van der Waals surface area contributed by atoms with E-state index in [1.165, 1.54) is 10.9 Å². The third-order valence-corrected chi connectivity index (χ3v) is 6.55. The molecule has 0 unspecified atom stereocenters. The predicted octanol–water partition coefficient (Wildman–Crippen LogP) is 1.51. The van der Waals surface area contributed by atoms with E-state index in [1.807, 2.05) is 24.3 Å². The molecule has 3 heterocycles. The molecule has 15 heteroatoms. The first-order valence-electron chi connectivity index (χ1n) is 10.0. The summed E-state index contributed by atoms with van der Waals surface area (Å²) in [5, 5.41) is 27.5. The van der Waals surface area contributed by atoms with Crippen LogP contribution in [0.4, 0.5) is 5.82 Å². The summed E-state index contributed by atoms with van der Waals surface area (Å²) in [4.78, 5) is 27.7. The predicted molar refractivity (Wildman–Crippen MR) is 126 cm³/mol. The maximum Gasteiger partial charge on any atom is 0.230 e. The Morgan fingerprint density at radius 1 is 1.38 bits per heavy atom. The number of anilines is 1. The molecule has 13 nitrogen and oxygen atoms in total. The lowest BCUT2D eigenvalue weighted by Crippen LogP contribution is -2.33. The Labute approximate surface area is 205 Å². The van der Waals surface area contributed by atoms with E-state index >= 15 is 0 Å². The Kier molecular flexibility index (Phi) is 7.50. The van der Waals surface area contributed by atoms with Gasteiger partial charge >= 0.3 is 0 Å². The number of halogens is 1. The zero-order valence-electron chi connectivity index (χ0n) is 17.5. The second-order valence-corrected chi connectivity index (χ2v) is 9.21. The van der Waals surface area contributed by atoms with Crippen LogP contribution in [-0.2, 0) is 16.1 Å². The van der Waals surface area contributed by atoms with Gasteiger partial charge < -0.3 is 26.0 Å². The molecule has 0 saturated carbocycles. The Bertz CT molecular complexity index is 1250. The molecule has 0 bridgehead atoms. The van der Waals surface area contributed by atoms with Crippen molar-refractivity contribution >= 4 is 50.6 Å². The Morgan fingerprint density at radius 2 is 2.21 bits per heavy atom. The highest BCUT2D eigenvalue weighted by atomic mass is 79.9. The molecule has 2 aromatic heterocycles. The van der Waals surface area contributed by atoms with Gasteiger partial charge in [-0.1, -0.05) is 44.9 Å². The Balaban J connectivity index is 1.54. The number of aliphatic hydroxyl groups excluding tert-OH is 2. The average Bonchev–Trinajstić information content (AvgIpc) is 3.33. The van der Waals surface area contributed by atoms with Gasteiger partial charge in [0.15, 0.2) is 28.4 Å². The number of aliphatic hydroxyl groups is 2. The summed E-state index contributed by atoms with van der Waals surface area (Å²) in [6.45, 7) is 0.181. The van der Waals surface area contributed by atoms with Gasteiger partial charge in [-0.2, -0.15) is 0 Å². The number of fused-ring (bicyclic) bond motifs is 1. The number of nitrogen functional groups attached to an aromatic ring is 1. The van der Waals surface area contributed by atoms with Crippen molar-refractivity contribution in [1.29, 1.82) is 0 Å². The number of carbonyl (C=O) groups excluding carboxylic acids is 1. The molecule has 3 aromatic rings. The first-order valence-corrected chi connectivity index (χ1v) is 11.8. The summed E-state index contributed by atoms with van der Waals surface area (Å²) >= 11 is 4.49. The number of thioether (sulfide) groups is 1. The molecule has 178 valence electrons. The number of azide groups is 1. The first kappa shape index (κ1) is 24.2. The number of ether oxygens (including phenoxy) is 1. The molecule has 4 atom stereocenters. The van der Waals surface area contributed by atoms with Crippen molar-refractivity contribution in [3.63, 3.8) is 0 Å². The van der Waals surface area contributed by atoms with Crippen LogP contribution in [0.5, 0.6) is 0 Å². The minimum absolute atomic E-state index is 0.0121. The number of nitrogens with zero attached hydrogens (tertiary/aromatic N) is 7. The van der Waals surface area contributed by atoms with Gasteiger partial charge in [0.05, 0.1) is 18.4 Å². The van der Waals surface area contributed by atoms with Crippen molar-refractivity contribution in [2.45, 2.75) is 36.2 Å². The van der Waals surface area contributed by atoms with Gasteiger partial charge in [0, 0.05) is 15.9 Å². The molecule has 0 spiro atoms. The lowest BCUT2D eigenvalue weighted by Gasteiger charge is -2.19. The molecule has 5 N–H and O–H groups in total. The molecule has 1 amide bonds. The van der Waals surface area contributed by atoms with Gasteiger partial charge in [-0.15, -0.1) is 0 Å². The van der Waals surface area contributed by atoms with Gasteiger partial charge in [-0.3, -0.25) is 9.36 Å². The highest BCUT2D eigenvalue weighted by Gasteiger charge is 2.45. The maximum atomic E-state index is 12.5. The van der Waals surface area contributed by atoms with Crippen LogP contribution in [0.25, 0.3) is 21.6 Å². The first-order chi connectivity index (χ1) is 16.4. The topological polar surface area (TPSA) is 197 Å². The molecule has 1 aromatic carbocycles. The Hall–Kier alpha value is -2.94. The van der Waals surface area contributed by atoms with E-state index in [2.05, 4.69) is 46.2 Å². The number of amides is 1. The van der Waals surface area contributed by atoms with E-state index in [-0.39, 0.29) is 35.2 Å². The van der Waals surface area contributed by atoms with Crippen LogP contribution in [0, 0.1) is 0 Å². The van der Waals surface area contributed by atoms with Crippen molar-refractivity contribution in [2.24, 2.45) is 5.11 Å². The molecule has 0 radical (unpaired) electrons. The third-order valence-electron chi connectivity index (χ3n) is 5.10. The number of carbonyl (C=O) groups is 1. The summed E-state index contributed by atoms with van der Waals surface area (Å²) in [5.74, 6) is -0.113. The van der Waals surface area contributed by atoms with Gasteiger partial charge in [-0.05, 0) is 23.2 Å². The number of rotatable bonds is 8. The van der Waals surface area contributed by atoms with E-state index in [1.54, 1.807) is 0 Å². The third kappa shape index (κ3) is 5.09. The lowest BCUT2D eigenvalue weighted by atomic mass is 10.1. The van der Waals surface area contributed by atoms with Crippen molar-refractivity contribution < 1.29 is 19.7 Å². The van der Waals surface area contributed by atoms with E-state index in [0.29, 0.717) is 11.7 Å². The monoisotopic (exact) mass is 549 g/mol. The summed E-state index contributed by atoms with van der Waals surface area (Å²) in [5.41, 5.74) is 16.0. The maximum absolute atomic E-state index is 12.5. The molecular weight excluding hydrogens is 530 g/mol. The molecule has 1 fully saturated rings. The van der Waals surface area contributed by atoms with Crippen molar-refractivity contribution in [1.82, 2.24) is 24.8 Å². The zero-order chi connectivity index (χ0) is 24.2. The number of nitrogens with two attached hydrogens (primary N) is 1. The fourth-order valence-electron chi connectivity index (χ4n) is 3.48. The van der Waals surface area contributed by atoms with Gasteiger partial charge in [-0.25, -0.2) is 15.0 Å². The minimum atomic E-state index is -1.36. The molecular formula is C19H20BrN9O4S. The quantitative estimate of drug-likeness (QED) is 0.139. The van der Waals surface area contributed by atoms with Crippen molar-refractivity contribution in [3.8, 4) is 0 Å². The molecule has 1 aliphatic rings. The van der Waals surface area contributed by atoms with Crippen LogP contribution >= 0.6 is 27.7 Å². The van der Waals surface area contributed by atoms with Crippen LogP contribution in [0.1, 0.15) is 11.8 Å². The van der Waals surface area contributed by atoms with Crippen LogP contribution in [-0.4, -0.2) is 66.2 Å². The molecule has 1 saturated heterocycles. The summed E-state index contributed by atoms with van der Waals surface area (Å²) in [6.07, 6.45) is -3.46. The van der Waals surface area contributed by atoms with Crippen molar-refractivity contribution in [3.05, 3.63) is 51.1 Å². The number of benzene rings is 1. The normalized spacial score (nSPS) is 22.0. The number of aromatic nitrogens is 4. The van der Waals surface area contributed by atoms with E-state index in [4.69, 9.17) is 16.0 Å². The highest BCUT2D eigenvalue weighted by Crippen LogP contribution is 2.36. The van der Waals surface area contributed by atoms with Crippen LogP contribution < -0.4 is 11.1 Å². The molecule has 4 rings (SSSR count). The second-order valence-electron chi connectivity index (χ2n) is 7.35. The lowest BCUT2D eigenvalue weighted by molar-refractivity contribution is -0.118. The summed E-state index contributed by atoms with van der Waals surface area (Å²) < 4.78 is 8.16. The summed E-state index contributed by atoms with van der Waals surface area (Å²) in [7, 11) is 0. The van der Waals surface area contributed by atoms with Crippen LogP contribution in [0.3, 0.4) is 0 Å². The molecule has 1 aliphatic heterocycles. The van der Waals surface area contributed by atoms with Gasteiger partial charge in [0.25, 0.3) is 0 Å². The number of hydrogen-bond donors (Lipinski definition) is 4. The van der Waals surface area contributed by atoms with Crippen LogP contribution in [0.2, 0.25) is 0 Å². The number of imidazole rings is 1. The van der Waals surface area contributed by atoms with Gasteiger partial charge in [0.2, 0.25) is 5.91 Å². The highest BCUT2D eigenvalue weighted by molar-refractivity contribution is 9.10. The largest absolute Gasteiger partial charge is 0.388 e. The number of hydrogen-bond acceptors (Lipinski definition) is 10. The number of nitrogens with one attached hydrogen (secondary N) is 1. The summed E-state index contributed by atoms with van der Waals surface area (Å²) in [6, 6.07) is 7.58. The minimum Gasteiger partial charge on any atom is -0.388 e. The van der Waals surface area contributed by atoms with E-state index in [9.17, 15) is 15.0 Å². The molecule has 34 heavy (non-hydrogen) atoms. The van der Waals surface area contributed by atoms with Gasteiger partial charge in [0.1, 0.15) is 18.5 Å². The van der Waals surface area contributed by atoms with E-state index < -0.39 is 24.5 Å². The van der Waals surface area contributed by atoms with Crippen molar-refractivity contribution in [2.75, 3.05) is 18.0 Å². The van der Waals surface area contributed by atoms with E-state index in [0.717, 1.165) is 21.8 Å². The molecule has 0 aliphatic carbocycles. The smallest absolute Gasteiger partial charge is 0.230 e. The SMILES string of the molecule is [N-]=[N+]=NC[C@H]1O[C@@H](n2c(SCC(=O)NCc3cccc(Br)c3)nc3c(N)ncnc32)[C@H](O)[C@@H]1O. The zero-order valence-corrected chi connectivity index (χ0v) is 19.9. The Morgan fingerprint density at radius 3 is 2.97 bits per heavy atom. The van der Waals surface area contributed by atoms with Crippen LogP contribution in [0.15, 0.2) is 45.3 Å². The fourth-order valence-corrected chi connectivity index (χ4v) is 4.77. The standard InChI is InChI=1S/C19H20BrN9O4S/c20-10-3-1-2-9(4-10)5-23-12(30)7-34-19-27-13-16(21)24-8-25-17(13)29(19)18-15(32)14(31)11(33-18)6-26-28-22/h1-4,8,11,14-15,18,31-32H,5-7H2,(H,23,30)(H2,21,24,25)/t11-,14-,15-,18-/m1/s1. The second kappa shape index (κ2) is 10.5. The average molecular weight is 550 g/mol. The fraction of sp³-hybridized carbons (Fsp3) is 0.368.